The van der Waals surface area contributed by atoms with Gasteiger partial charge in [-0.1, -0.05) is 61.9 Å². The van der Waals surface area contributed by atoms with Gasteiger partial charge in [0.2, 0.25) is 11.6 Å². The summed E-state index contributed by atoms with van der Waals surface area (Å²) in [5.74, 6) is 0.0516. The maximum Gasteiger partial charge on any atom is 0.406 e. The zero-order valence-electron chi connectivity index (χ0n) is 31.8. The minimum atomic E-state index is -0.477. The number of alkyl carbamates (subject to hydrolysis) is 1. The molecule has 276 valence electrons. The van der Waals surface area contributed by atoms with Crippen LogP contribution in [0.15, 0.2) is 78.5 Å². The number of para-hydroxylation sites is 1. The van der Waals surface area contributed by atoms with Crippen molar-refractivity contribution in [1.29, 1.82) is 0 Å². The second-order valence-corrected chi connectivity index (χ2v) is 14.2. The van der Waals surface area contributed by atoms with Crippen LogP contribution in [0.1, 0.15) is 77.0 Å². The molecular weight excluding hydrogens is 640 g/mol. The fraction of sp³-hybridized carbons (Fsp3) is 0.500. The van der Waals surface area contributed by atoms with Crippen molar-refractivity contribution in [2.45, 2.75) is 78.1 Å². The summed E-state index contributed by atoms with van der Waals surface area (Å²) in [6, 6.07) is 15.5. The van der Waals surface area contributed by atoms with Crippen LogP contribution in [0.25, 0.3) is 0 Å². The Morgan fingerprint density at radius 3 is 2.29 bits per heavy atom. The Morgan fingerprint density at radius 1 is 0.843 bits per heavy atom. The van der Waals surface area contributed by atoms with E-state index in [-0.39, 0.29) is 16.7 Å². The van der Waals surface area contributed by atoms with Crippen molar-refractivity contribution < 1.29 is 28.4 Å². The highest BCUT2D eigenvalue weighted by molar-refractivity contribution is 6.03. The summed E-state index contributed by atoms with van der Waals surface area (Å²) in [5, 5.41) is 5.49. The smallest absolute Gasteiger partial charge is 0.406 e. The Bertz CT molecular complexity index is 1620. The van der Waals surface area contributed by atoms with E-state index >= 15 is 0 Å². The van der Waals surface area contributed by atoms with Crippen molar-refractivity contribution in [3.63, 3.8) is 0 Å². The van der Waals surface area contributed by atoms with Gasteiger partial charge in [-0.25, -0.2) is 4.79 Å². The molecule has 4 rings (SSSR count). The second kappa shape index (κ2) is 18.9. The molecule has 0 fully saturated rings. The summed E-state index contributed by atoms with van der Waals surface area (Å²) in [6.45, 7) is 18.0. The molecule has 2 heterocycles. The number of carbonyl (C=O) groups is 2. The first kappa shape index (κ1) is 39.6. The molecule has 0 aliphatic carbocycles. The van der Waals surface area contributed by atoms with Gasteiger partial charge in [-0.15, -0.1) is 0 Å². The molecule has 2 aliphatic rings. The van der Waals surface area contributed by atoms with Crippen molar-refractivity contribution >= 4 is 29.1 Å². The van der Waals surface area contributed by atoms with Gasteiger partial charge in [0.25, 0.3) is 0 Å². The van der Waals surface area contributed by atoms with Crippen LogP contribution in [0.3, 0.4) is 0 Å². The molecule has 0 bridgehead atoms. The zero-order valence-corrected chi connectivity index (χ0v) is 31.8. The number of hydrogen-bond donors (Lipinski definition) is 2. The van der Waals surface area contributed by atoms with Crippen molar-refractivity contribution in [3.8, 4) is 0 Å². The third-order valence-electron chi connectivity index (χ3n) is 9.82. The third-order valence-corrected chi connectivity index (χ3v) is 9.82. The molecule has 2 amide bonds. The number of ether oxygens (including phenoxy) is 3. The first-order chi connectivity index (χ1) is 24.5. The number of anilines is 1. The van der Waals surface area contributed by atoms with E-state index in [1.54, 1.807) is 0 Å². The van der Waals surface area contributed by atoms with Gasteiger partial charge in [0.1, 0.15) is 6.54 Å². The molecule has 2 aromatic rings. The van der Waals surface area contributed by atoms with E-state index in [2.05, 4.69) is 139 Å². The first-order valence-corrected chi connectivity index (χ1v) is 18.4. The van der Waals surface area contributed by atoms with Crippen LogP contribution in [-0.4, -0.2) is 82.0 Å². The van der Waals surface area contributed by atoms with Crippen LogP contribution in [0.2, 0.25) is 0 Å². The van der Waals surface area contributed by atoms with Gasteiger partial charge in [-0.05, 0) is 64.3 Å². The van der Waals surface area contributed by atoms with Crippen molar-refractivity contribution in [2.75, 3.05) is 64.6 Å². The Labute approximate surface area is 305 Å². The number of carbonyl (C=O) groups excluding carboxylic acids is 2. The molecule has 0 unspecified atom stereocenters. The van der Waals surface area contributed by atoms with Crippen LogP contribution in [0.5, 0.6) is 0 Å². The molecule has 51 heavy (non-hydrogen) atoms. The van der Waals surface area contributed by atoms with E-state index in [1.807, 2.05) is 0 Å². The summed E-state index contributed by atoms with van der Waals surface area (Å²) >= 11 is 0. The largest absolute Gasteiger partial charge is 0.453 e. The SMILES string of the molecule is CCN1\C(=C/C=C/C=C/C2=[N+](CCCCCC(=O)NCCOCCOCCNC(=O)OC)c3ccc(C)cc3C2(C)C)C(C)(C)c2ccccc21. The fourth-order valence-corrected chi connectivity index (χ4v) is 7.07. The second-order valence-electron chi connectivity index (χ2n) is 14.2. The summed E-state index contributed by atoms with van der Waals surface area (Å²) < 4.78 is 17.9. The number of nitrogens with zero attached hydrogens (tertiary/aromatic N) is 2. The molecule has 0 saturated heterocycles. The summed E-state index contributed by atoms with van der Waals surface area (Å²) in [4.78, 5) is 25.8. The summed E-state index contributed by atoms with van der Waals surface area (Å²) in [6.07, 6.45) is 13.9. The maximum atomic E-state index is 12.4. The van der Waals surface area contributed by atoms with Crippen LogP contribution in [0.4, 0.5) is 16.2 Å². The number of amides is 2. The van der Waals surface area contributed by atoms with Gasteiger partial charge in [-0.2, -0.15) is 4.58 Å². The number of hydrogen-bond acceptors (Lipinski definition) is 6. The van der Waals surface area contributed by atoms with E-state index in [1.165, 1.54) is 46.6 Å². The monoisotopic (exact) mass is 699 g/mol. The van der Waals surface area contributed by atoms with Gasteiger partial charge in [-0.3, -0.25) is 4.79 Å². The van der Waals surface area contributed by atoms with E-state index in [0.717, 1.165) is 32.4 Å². The van der Waals surface area contributed by atoms with Crippen molar-refractivity contribution in [1.82, 2.24) is 10.6 Å². The minimum Gasteiger partial charge on any atom is -0.453 e. The molecule has 9 nitrogen and oxygen atoms in total. The number of fused-ring (bicyclic) bond motifs is 2. The van der Waals surface area contributed by atoms with E-state index < -0.39 is 6.09 Å². The lowest BCUT2D eigenvalue weighted by atomic mass is 9.81. The van der Waals surface area contributed by atoms with Crippen LogP contribution in [-0.2, 0) is 29.8 Å². The van der Waals surface area contributed by atoms with Crippen LogP contribution < -0.4 is 15.5 Å². The van der Waals surface area contributed by atoms with Gasteiger partial charge in [0.15, 0.2) is 5.71 Å². The lowest BCUT2D eigenvalue weighted by Crippen LogP contribution is -2.28. The molecular formula is C42H59N4O5+. The van der Waals surface area contributed by atoms with Crippen molar-refractivity contribution in [3.05, 3.63) is 95.2 Å². The lowest BCUT2D eigenvalue weighted by Gasteiger charge is -2.25. The highest BCUT2D eigenvalue weighted by Gasteiger charge is 2.44. The molecule has 2 N–H and O–H groups in total. The molecule has 2 aliphatic heterocycles. The van der Waals surface area contributed by atoms with E-state index in [0.29, 0.717) is 45.9 Å². The Kier molecular flexibility index (Phi) is 14.6. The number of allylic oxidation sites excluding steroid dienone is 6. The standard InChI is InChI=1S/C42H58N4O5/c1-8-45-35-18-15-14-17-33(35)41(3,4)37(45)19-11-9-12-20-38-42(5,6)34-31-32(2)22-23-36(34)46(38)26-16-10-13-21-39(47)43-24-27-50-29-30-51-28-25-44-40(48)49-7/h9,11-12,14-15,17-20,22-23,31H,8,10,13,16,21,24-30H2,1-7H3,(H-,43,44,47,48)/p+1. The topological polar surface area (TPSA) is 92.1 Å². The van der Waals surface area contributed by atoms with Crippen LogP contribution in [0, 0.1) is 6.92 Å². The number of nitrogens with one attached hydrogen (secondary N) is 2. The third kappa shape index (κ3) is 10.2. The summed E-state index contributed by atoms with van der Waals surface area (Å²) in [7, 11) is 1.32. The molecule has 9 heteroatoms. The predicted octanol–water partition coefficient (Wildman–Crippen LogP) is 7.25. The average molecular weight is 700 g/mol. The molecule has 0 saturated carbocycles. The number of methoxy groups -OCH3 is 1. The van der Waals surface area contributed by atoms with E-state index in [4.69, 9.17) is 9.47 Å². The van der Waals surface area contributed by atoms with Gasteiger partial charge >= 0.3 is 6.09 Å². The summed E-state index contributed by atoms with van der Waals surface area (Å²) in [5.41, 5.74) is 9.05. The molecule has 0 spiro atoms. The Balaban J connectivity index is 1.26. The van der Waals surface area contributed by atoms with Crippen LogP contribution >= 0.6 is 0 Å². The lowest BCUT2D eigenvalue weighted by molar-refractivity contribution is -0.438. The Morgan fingerprint density at radius 2 is 1.57 bits per heavy atom. The number of aryl methyl sites for hydroxylation is 1. The molecule has 2 aromatic carbocycles. The number of unbranched alkanes of at least 4 members (excludes halogenated alkanes) is 2. The fourth-order valence-electron chi connectivity index (χ4n) is 7.07. The van der Waals surface area contributed by atoms with Crippen molar-refractivity contribution in [2.24, 2.45) is 0 Å². The molecule has 0 atom stereocenters. The first-order valence-electron chi connectivity index (χ1n) is 18.4. The van der Waals surface area contributed by atoms with Gasteiger partial charge < -0.3 is 29.7 Å². The predicted molar refractivity (Wildman–Crippen MR) is 206 cm³/mol. The van der Waals surface area contributed by atoms with Gasteiger partial charge in [0, 0.05) is 67.0 Å². The zero-order chi connectivity index (χ0) is 36.9. The van der Waals surface area contributed by atoms with Gasteiger partial charge in [0.05, 0.1) is 39.0 Å². The number of likely N-dealkylation sites (N-methyl/N-ethyl adjacent to an activating group) is 1. The number of benzene rings is 2. The molecule has 0 aromatic heterocycles. The maximum absolute atomic E-state index is 12.4. The molecule has 0 radical (unpaired) electrons. The Hall–Kier alpha value is -4.21. The minimum absolute atomic E-state index is 0.0435. The number of rotatable bonds is 19. The average Bonchev–Trinajstić information content (AvgIpc) is 3.46. The highest BCUT2D eigenvalue weighted by Crippen LogP contribution is 2.47. The highest BCUT2D eigenvalue weighted by atomic mass is 16.5. The normalized spacial score (nSPS) is 16.7. The van der Waals surface area contributed by atoms with E-state index in [9.17, 15) is 9.59 Å². The quantitative estimate of drug-likeness (QED) is 0.0912.